The highest BCUT2D eigenvalue weighted by atomic mass is 32.2. The number of sulfonamides is 1. The molecular weight excluding hydrogens is 286 g/mol. The van der Waals surface area contributed by atoms with Crippen molar-refractivity contribution in [3.63, 3.8) is 0 Å². The van der Waals surface area contributed by atoms with Gasteiger partial charge in [0, 0.05) is 18.3 Å². The molecule has 3 heterocycles. The fraction of sp³-hybridized carbons (Fsp3) is 0.600. The van der Waals surface area contributed by atoms with E-state index < -0.39 is 10.0 Å². The molecule has 3 saturated heterocycles. The van der Waals surface area contributed by atoms with Gasteiger partial charge >= 0.3 is 0 Å². The highest BCUT2D eigenvalue weighted by Gasteiger charge is 2.36. The van der Waals surface area contributed by atoms with Crippen LogP contribution < -0.4 is 10.5 Å². The summed E-state index contributed by atoms with van der Waals surface area (Å²) >= 11 is 0. The fourth-order valence-electron chi connectivity index (χ4n) is 3.47. The molecule has 0 radical (unpaired) electrons. The number of nitrogens with zero attached hydrogens (tertiary/aromatic N) is 1. The van der Waals surface area contributed by atoms with Gasteiger partial charge in [0.05, 0.1) is 4.90 Å². The van der Waals surface area contributed by atoms with Crippen LogP contribution in [-0.4, -0.2) is 39.0 Å². The van der Waals surface area contributed by atoms with Gasteiger partial charge in [0.15, 0.2) is 0 Å². The predicted molar refractivity (Wildman–Crippen MR) is 83.5 cm³/mol. The minimum absolute atomic E-state index is 0.0311. The Labute approximate surface area is 126 Å². The Kier molecular flexibility index (Phi) is 3.94. The zero-order valence-electron chi connectivity index (χ0n) is 12.4. The molecule has 3 fully saturated rings. The summed E-state index contributed by atoms with van der Waals surface area (Å²) in [5.74, 6) is 0.468. The number of nitrogens with one attached hydrogen (secondary N) is 1. The van der Waals surface area contributed by atoms with Crippen LogP contribution in [0.25, 0.3) is 0 Å². The number of benzene rings is 1. The highest BCUT2D eigenvalue weighted by Crippen LogP contribution is 2.29. The minimum Gasteiger partial charge on any atom is -0.399 e. The molecule has 0 amide bonds. The maximum Gasteiger partial charge on any atom is 0.241 e. The first-order chi connectivity index (χ1) is 9.99. The summed E-state index contributed by atoms with van der Waals surface area (Å²) < 4.78 is 28.4. The number of rotatable bonds is 4. The molecule has 0 spiro atoms. The van der Waals surface area contributed by atoms with Crippen LogP contribution in [0.4, 0.5) is 5.69 Å². The number of fused-ring (bicyclic) bond motifs is 3. The van der Waals surface area contributed by atoms with E-state index in [4.69, 9.17) is 5.73 Å². The second-order valence-electron chi connectivity index (χ2n) is 6.09. The average molecular weight is 309 g/mol. The summed E-state index contributed by atoms with van der Waals surface area (Å²) in [6, 6.07) is 5.17. The van der Waals surface area contributed by atoms with Crippen LogP contribution in [0.15, 0.2) is 23.1 Å². The fourth-order valence-corrected chi connectivity index (χ4v) is 5.12. The summed E-state index contributed by atoms with van der Waals surface area (Å²) in [4.78, 5) is 2.68. The Balaban J connectivity index is 1.86. The zero-order valence-corrected chi connectivity index (χ0v) is 13.2. The molecule has 1 aromatic carbocycles. The first-order valence-corrected chi connectivity index (χ1v) is 9.11. The molecule has 0 saturated carbocycles. The van der Waals surface area contributed by atoms with Crippen molar-refractivity contribution in [2.75, 3.05) is 25.4 Å². The maximum absolute atomic E-state index is 12.7. The van der Waals surface area contributed by atoms with Crippen LogP contribution in [0.3, 0.4) is 0 Å². The highest BCUT2D eigenvalue weighted by molar-refractivity contribution is 7.89. The standard InChI is InChI=1S/C15H23N3O2S/c1-2-11-3-4-13(16)9-15(11)21(19,20)17-14-10-18-7-5-12(14)6-8-18/h3-4,9,12,14,17H,2,5-8,10,16H2,1H3. The van der Waals surface area contributed by atoms with Crippen LogP contribution in [0.1, 0.15) is 25.3 Å². The van der Waals surface area contributed by atoms with Gasteiger partial charge in [-0.15, -0.1) is 0 Å². The van der Waals surface area contributed by atoms with Crippen LogP contribution in [0.5, 0.6) is 0 Å². The van der Waals surface area contributed by atoms with Gasteiger partial charge in [-0.2, -0.15) is 0 Å². The van der Waals surface area contributed by atoms with Gasteiger partial charge in [0.2, 0.25) is 10.0 Å². The number of nitrogens with two attached hydrogens (primary N) is 1. The van der Waals surface area contributed by atoms with E-state index in [1.807, 2.05) is 6.92 Å². The summed E-state index contributed by atoms with van der Waals surface area (Å²) in [5, 5.41) is 0. The van der Waals surface area contributed by atoms with Gasteiger partial charge in [-0.25, -0.2) is 13.1 Å². The van der Waals surface area contributed by atoms with Gasteiger partial charge in [-0.1, -0.05) is 13.0 Å². The number of hydrogen-bond acceptors (Lipinski definition) is 4. The summed E-state index contributed by atoms with van der Waals surface area (Å²) in [7, 11) is -3.50. The number of hydrogen-bond donors (Lipinski definition) is 2. The minimum atomic E-state index is -3.50. The average Bonchev–Trinajstić information content (AvgIpc) is 2.48. The zero-order chi connectivity index (χ0) is 15.0. The molecule has 5 nitrogen and oxygen atoms in total. The molecule has 0 aliphatic carbocycles. The molecule has 2 bridgehead atoms. The normalized spacial score (nSPS) is 28.7. The van der Waals surface area contributed by atoms with Crippen molar-refractivity contribution in [2.45, 2.75) is 37.1 Å². The molecule has 116 valence electrons. The molecule has 1 aromatic rings. The third kappa shape index (κ3) is 2.93. The van der Waals surface area contributed by atoms with E-state index in [0.29, 0.717) is 22.9 Å². The smallest absolute Gasteiger partial charge is 0.241 e. The van der Waals surface area contributed by atoms with E-state index in [2.05, 4.69) is 9.62 Å². The van der Waals surface area contributed by atoms with Crippen molar-refractivity contribution >= 4 is 15.7 Å². The number of nitrogen functional groups attached to an aromatic ring is 1. The Morgan fingerprint density at radius 2 is 2.05 bits per heavy atom. The molecule has 21 heavy (non-hydrogen) atoms. The molecule has 1 unspecified atom stereocenters. The predicted octanol–water partition coefficient (Wildman–Crippen LogP) is 1.20. The number of aryl methyl sites for hydroxylation is 1. The lowest BCUT2D eigenvalue weighted by atomic mass is 9.85. The van der Waals surface area contributed by atoms with Crippen molar-refractivity contribution in [2.24, 2.45) is 5.92 Å². The third-order valence-electron chi connectivity index (χ3n) is 4.72. The molecule has 3 aliphatic rings. The Hall–Kier alpha value is -1.11. The molecule has 1 atom stereocenters. The van der Waals surface area contributed by atoms with Gasteiger partial charge in [-0.3, -0.25) is 0 Å². The maximum atomic E-state index is 12.7. The quantitative estimate of drug-likeness (QED) is 0.820. The lowest BCUT2D eigenvalue weighted by Gasteiger charge is -2.44. The lowest BCUT2D eigenvalue weighted by molar-refractivity contribution is 0.0827. The third-order valence-corrected chi connectivity index (χ3v) is 6.30. The SMILES string of the molecule is CCc1ccc(N)cc1S(=O)(=O)NC1CN2CCC1CC2. The molecule has 6 heteroatoms. The van der Waals surface area contributed by atoms with E-state index >= 15 is 0 Å². The van der Waals surface area contributed by atoms with Gasteiger partial charge < -0.3 is 10.6 Å². The van der Waals surface area contributed by atoms with E-state index in [1.54, 1.807) is 18.2 Å². The van der Waals surface area contributed by atoms with Crippen molar-refractivity contribution in [1.29, 1.82) is 0 Å². The summed E-state index contributed by atoms with van der Waals surface area (Å²) in [6.45, 7) is 4.98. The van der Waals surface area contributed by atoms with E-state index in [-0.39, 0.29) is 6.04 Å². The monoisotopic (exact) mass is 309 g/mol. The Bertz CT molecular complexity index is 622. The topological polar surface area (TPSA) is 75.4 Å². The largest absolute Gasteiger partial charge is 0.399 e. The Morgan fingerprint density at radius 1 is 1.33 bits per heavy atom. The van der Waals surface area contributed by atoms with Crippen LogP contribution >= 0.6 is 0 Å². The van der Waals surface area contributed by atoms with Crippen molar-refractivity contribution in [3.8, 4) is 0 Å². The second kappa shape index (κ2) is 5.59. The van der Waals surface area contributed by atoms with Gasteiger partial charge in [0.1, 0.15) is 0 Å². The molecular formula is C15H23N3O2S. The van der Waals surface area contributed by atoms with Gasteiger partial charge in [-0.05, 0) is 56.0 Å². The molecule has 3 N–H and O–H groups in total. The Morgan fingerprint density at radius 3 is 2.62 bits per heavy atom. The van der Waals surface area contributed by atoms with E-state index in [1.165, 1.54) is 0 Å². The van der Waals surface area contributed by atoms with Crippen LogP contribution in [0.2, 0.25) is 0 Å². The van der Waals surface area contributed by atoms with Crippen molar-refractivity contribution in [3.05, 3.63) is 23.8 Å². The first-order valence-electron chi connectivity index (χ1n) is 7.62. The molecule has 3 aliphatic heterocycles. The van der Waals surface area contributed by atoms with Gasteiger partial charge in [0.25, 0.3) is 0 Å². The number of piperidine rings is 3. The second-order valence-corrected chi connectivity index (χ2v) is 7.77. The van der Waals surface area contributed by atoms with E-state index in [0.717, 1.165) is 38.0 Å². The molecule has 0 aromatic heterocycles. The lowest BCUT2D eigenvalue weighted by Crippen LogP contribution is -2.57. The van der Waals surface area contributed by atoms with Crippen molar-refractivity contribution in [1.82, 2.24) is 9.62 Å². The van der Waals surface area contributed by atoms with E-state index in [9.17, 15) is 8.42 Å². The van der Waals surface area contributed by atoms with Crippen molar-refractivity contribution < 1.29 is 8.42 Å². The number of anilines is 1. The van der Waals surface area contributed by atoms with Crippen LogP contribution in [0, 0.1) is 5.92 Å². The van der Waals surface area contributed by atoms with Crippen LogP contribution in [-0.2, 0) is 16.4 Å². The molecule has 4 rings (SSSR count). The first kappa shape index (κ1) is 14.8. The summed E-state index contributed by atoms with van der Waals surface area (Å²) in [5.41, 5.74) is 7.08. The summed E-state index contributed by atoms with van der Waals surface area (Å²) in [6.07, 6.45) is 2.85.